The van der Waals surface area contributed by atoms with Gasteiger partial charge >= 0.3 is 0 Å². The number of aromatic nitrogens is 2. The van der Waals surface area contributed by atoms with Gasteiger partial charge in [0, 0.05) is 39.0 Å². The molecule has 1 fully saturated rings. The Labute approximate surface area is 204 Å². The molecule has 4 rings (SSSR count). The number of fused-ring (bicyclic) bond motifs is 1. The first-order chi connectivity index (χ1) is 16.7. The van der Waals surface area contributed by atoms with Crippen LogP contribution in [-0.4, -0.2) is 43.7 Å². The SMILES string of the molecule is CN(C)c1nc(CCCCC2CCC(CNCCNCc3ccco3)CC2)nc2ccccc12. The molecule has 2 heterocycles. The topological polar surface area (TPSA) is 66.2 Å². The van der Waals surface area contributed by atoms with E-state index in [0.717, 1.165) is 72.7 Å². The Morgan fingerprint density at radius 3 is 2.50 bits per heavy atom. The highest BCUT2D eigenvalue weighted by atomic mass is 16.3. The summed E-state index contributed by atoms with van der Waals surface area (Å²) in [7, 11) is 4.12. The van der Waals surface area contributed by atoms with Crippen LogP contribution in [0, 0.1) is 11.8 Å². The third-order valence-electron chi connectivity index (χ3n) is 7.07. The molecular formula is C28H41N5O. The van der Waals surface area contributed by atoms with Crippen molar-refractivity contribution >= 4 is 16.7 Å². The van der Waals surface area contributed by atoms with E-state index in [0.29, 0.717) is 0 Å². The van der Waals surface area contributed by atoms with Gasteiger partial charge in [-0.1, -0.05) is 37.8 Å². The number of benzene rings is 1. The predicted octanol–water partition coefficient (Wildman–Crippen LogP) is 5.19. The van der Waals surface area contributed by atoms with Crippen molar-refractivity contribution in [3.63, 3.8) is 0 Å². The van der Waals surface area contributed by atoms with Crippen LogP contribution in [-0.2, 0) is 13.0 Å². The average molecular weight is 464 g/mol. The van der Waals surface area contributed by atoms with E-state index in [4.69, 9.17) is 14.4 Å². The Balaban J connectivity index is 1.08. The number of unbranched alkanes of at least 4 members (excludes halogenated alkanes) is 1. The summed E-state index contributed by atoms with van der Waals surface area (Å²) >= 11 is 0. The van der Waals surface area contributed by atoms with Gasteiger partial charge in [-0.25, -0.2) is 9.97 Å². The highest BCUT2D eigenvalue weighted by Crippen LogP contribution is 2.31. The van der Waals surface area contributed by atoms with E-state index >= 15 is 0 Å². The van der Waals surface area contributed by atoms with Crippen molar-refractivity contribution in [2.24, 2.45) is 11.8 Å². The molecule has 2 N–H and O–H groups in total. The minimum Gasteiger partial charge on any atom is -0.468 e. The van der Waals surface area contributed by atoms with Gasteiger partial charge in [-0.15, -0.1) is 0 Å². The van der Waals surface area contributed by atoms with Gasteiger partial charge in [0.25, 0.3) is 0 Å². The van der Waals surface area contributed by atoms with Crippen LogP contribution in [0.4, 0.5) is 5.82 Å². The van der Waals surface area contributed by atoms with Gasteiger partial charge < -0.3 is 20.0 Å². The smallest absolute Gasteiger partial charge is 0.139 e. The van der Waals surface area contributed by atoms with E-state index in [1.165, 1.54) is 44.9 Å². The Morgan fingerprint density at radius 1 is 0.912 bits per heavy atom. The van der Waals surface area contributed by atoms with Crippen LogP contribution >= 0.6 is 0 Å². The quantitative estimate of drug-likeness (QED) is 0.340. The number of aryl methyl sites for hydroxylation is 1. The summed E-state index contributed by atoms with van der Waals surface area (Å²) in [6.45, 7) is 3.96. The van der Waals surface area contributed by atoms with E-state index in [1.54, 1.807) is 6.26 Å². The van der Waals surface area contributed by atoms with Gasteiger partial charge in [0.15, 0.2) is 0 Å². The number of hydrogen-bond donors (Lipinski definition) is 2. The summed E-state index contributed by atoms with van der Waals surface area (Å²) in [5.41, 5.74) is 1.05. The van der Waals surface area contributed by atoms with E-state index in [9.17, 15) is 0 Å². The molecule has 2 aromatic heterocycles. The van der Waals surface area contributed by atoms with Crippen molar-refractivity contribution in [2.75, 3.05) is 38.6 Å². The number of anilines is 1. The van der Waals surface area contributed by atoms with Crippen LogP contribution in [0.25, 0.3) is 10.9 Å². The zero-order chi connectivity index (χ0) is 23.6. The summed E-state index contributed by atoms with van der Waals surface area (Å²) in [4.78, 5) is 11.8. The second-order valence-electron chi connectivity index (χ2n) is 9.97. The number of furan rings is 1. The van der Waals surface area contributed by atoms with Gasteiger partial charge in [0.1, 0.15) is 17.4 Å². The Kier molecular flexibility index (Phi) is 9.34. The van der Waals surface area contributed by atoms with Crippen LogP contribution in [0.1, 0.15) is 56.5 Å². The molecule has 1 aromatic carbocycles. The summed E-state index contributed by atoms with van der Waals surface area (Å²) in [5.74, 6) is 4.76. The van der Waals surface area contributed by atoms with Crippen molar-refractivity contribution in [1.29, 1.82) is 0 Å². The summed E-state index contributed by atoms with van der Waals surface area (Å²) < 4.78 is 5.34. The normalized spacial score (nSPS) is 18.4. The number of para-hydroxylation sites is 1. The van der Waals surface area contributed by atoms with Gasteiger partial charge in [0.05, 0.1) is 18.3 Å². The summed E-state index contributed by atoms with van der Waals surface area (Å²) in [6.07, 6.45) is 12.0. The first-order valence-corrected chi connectivity index (χ1v) is 13.1. The molecule has 1 saturated carbocycles. The molecule has 6 heteroatoms. The molecule has 1 aliphatic rings. The minimum atomic E-state index is 0.809. The third-order valence-corrected chi connectivity index (χ3v) is 7.07. The van der Waals surface area contributed by atoms with Crippen molar-refractivity contribution in [2.45, 2.75) is 57.9 Å². The lowest BCUT2D eigenvalue weighted by Gasteiger charge is -2.28. The molecule has 0 atom stereocenters. The predicted molar refractivity (Wildman–Crippen MR) is 140 cm³/mol. The zero-order valence-electron chi connectivity index (χ0n) is 20.9. The maximum absolute atomic E-state index is 5.34. The molecule has 34 heavy (non-hydrogen) atoms. The molecule has 0 saturated heterocycles. The average Bonchev–Trinajstić information content (AvgIpc) is 3.38. The standard InChI is InChI=1S/C28H41N5O/c1-33(2)28-25-10-4-5-11-26(25)31-27(32-28)12-6-3-8-22-13-15-23(16-14-22)20-29-17-18-30-21-24-9-7-19-34-24/h4-5,7,9-11,19,22-23,29-30H,3,6,8,12-18,20-21H2,1-2H3. The fraction of sp³-hybridized carbons (Fsp3) is 0.571. The molecule has 6 nitrogen and oxygen atoms in total. The monoisotopic (exact) mass is 463 g/mol. The van der Waals surface area contributed by atoms with E-state index in [2.05, 4.69) is 53.9 Å². The molecule has 0 unspecified atom stereocenters. The van der Waals surface area contributed by atoms with E-state index in [-0.39, 0.29) is 0 Å². The lowest BCUT2D eigenvalue weighted by Crippen LogP contribution is -2.32. The second kappa shape index (κ2) is 12.9. The Bertz CT molecular complexity index is 980. The first-order valence-electron chi connectivity index (χ1n) is 13.1. The van der Waals surface area contributed by atoms with Gasteiger partial charge in [0.2, 0.25) is 0 Å². The Hall–Kier alpha value is -2.44. The van der Waals surface area contributed by atoms with Crippen LogP contribution < -0.4 is 15.5 Å². The highest BCUT2D eigenvalue weighted by Gasteiger charge is 2.20. The third kappa shape index (κ3) is 7.28. The fourth-order valence-corrected chi connectivity index (χ4v) is 5.11. The second-order valence-corrected chi connectivity index (χ2v) is 9.97. The van der Waals surface area contributed by atoms with Crippen molar-refractivity contribution in [3.05, 3.63) is 54.2 Å². The molecule has 0 amide bonds. The Morgan fingerprint density at radius 2 is 1.71 bits per heavy atom. The molecule has 184 valence electrons. The number of nitrogens with one attached hydrogen (secondary N) is 2. The van der Waals surface area contributed by atoms with Crippen molar-refractivity contribution < 1.29 is 4.42 Å². The van der Waals surface area contributed by atoms with Crippen LogP contribution in [0.3, 0.4) is 0 Å². The van der Waals surface area contributed by atoms with Crippen molar-refractivity contribution in [1.82, 2.24) is 20.6 Å². The molecule has 0 aliphatic heterocycles. The molecule has 0 radical (unpaired) electrons. The summed E-state index contributed by atoms with van der Waals surface area (Å²) in [6, 6.07) is 12.3. The van der Waals surface area contributed by atoms with E-state index in [1.807, 2.05) is 12.1 Å². The van der Waals surface area contributed by atoms with Crippen LogP contribution in [0.15, 0.2) is 47.1 Å². The molecule has 3 aromatic rings. The van der Waals surface area contributed by atoms with Crippen molar-refractivity contribution in [3.8, 4) is 0 Å². The number of nitrogens with zero attached hydrogens (tertiary/aromatic N) is 3. The molecular weight excluding hydrogens is 422 g/mol. The molecule has 0 spiro atoms. The molecule has 1 aliphatic carbocycles. The lowest BCUT2D eigenvalue weighted by atomic mass is 9.79. The minimum absolute atomic E-state index is 0.809. The maximum Gasteiger partial charge on any atom is 0.139 e. The van der Waals surface area contributed by atoms with Gasteiger partial charge in [-0.2, -0.15) is 0 Å². The van der Waals surface area contributed by atoms with Crippen LogP contribution in [0.2, 0.25) is 0 Å². The largest absolute Gasteiger partial charge is 0.468 e. The van der Waals surface area contributed by atoms with Gasteiger partial charge in [-0.3, -0.25) is 0 Å². The lowest BCUT2D eigenvalue weighted by molar-refractivity contribution is 0.253. The van der Waals surface area contributed by atoms with E-state index < -0.39 is 0 Å². The summed E-state index contributed by atoms with van der Waals surface area (Å²) in [5, 5.41) is 8.19. The highest BCUT2D eigenvalue weighted by molar-refractivity contribution is 5.89. The number of hydrogen-bond acceptors (Lipinski definition) is 6. The maximum atomic E-state index is 5.34. The fourth-order valence-electron chi connectivity index (χ4n) is 5.11. The van der Waals surface area contributed by atoms with Crippen LogP contribution in [0.5, 0.6) is 0 Å². The van der Waals surface area contributed by atoms with Gasteiger partial charge in [-0.05, 0) is 61.9 Å². The zero-order valence-corrected chi connectivity index (χ0v) is 20.9. The number of rotatable bonds is 13. The first kappa shape index (κ1) is 24.7. The molecule has 0 bridgehead atoms.